The average Bonchev–Trinajstić information content (AvgIpc) is 3.03. The normalized spacial score (nSPS) is 47.9. The van der Waals surface area contributed by atoms with Gasteiger partial charge < -0.3 is 4.90 Å². The van der Waals surface area contributed by atoms with Gasteiger partial charge in [-0.15, -0.1) is 0 Å². The Morgan fingerprint density at radius 3 is 2.32 bits per heavy atom. The Bertz CT molecular complexity index is 371. The van der Waals surface area contributed by atoms with Crippen LogP contribution in [-0.2, 0) is 4.79 Å². The quantitative estimate of drug-likeness (QED) is 0.708. The monoisotopic (exact) mass is 325 g/mol. The van der Waals surface area contributed by atoms with Gasteiger partial charge in [-0.25, -0.2) is 0 Å². The van der Waals surface area contributed by atoms with E-state index in [4.69, 9.17) is 0 Å². The van der Waals surface area contributed by atoms with Gasteiger partial charge >= 0.3 is 0 Å². The van der Waals surface area contributed by atoms with Crippen molar-refractivity contribution in [3.63, 3.8) is 0 Å². The van der Waals surface area contributed by atoms with Crippen LogP contribution in [0.4, 0.5) is 0 Å². The summed E-state index contributed by atoms with van der Waals surface area (Å²) in [5.41, 5.74) is 0. The Labute approximate surface area is 124 Å². The minimum absolute atomic E-state index is 0.490. The van der Waals surface area contributed by atoms with Crippen LogP contribution in [0.5, 0.6) is 0 Å². The molecule has 3 heteroatoms. The lowest BCUT2D eigenvalue weighted by molar-refractivity contribution is -0.136. The smallest absolute Gasteiger partial charge is 0.223 e. The van der Waals surface area contributed by atoms with Gasteiger partial charge in [0.25, 0.3) is 0 Å². The van der Waals surface area contributed by atoms with E-state index in [1.54, 1.807) is 0 Å². The molecule has 2 nitrogen and oxygen atoms in total. The maximum Gasteiger partial charge on any atom is 0.223 e. The van der Waals surface area contributed by atoms with E-state index in [0.29, 0.717) is 22.8 Å². The first-order valence-corrected chi connectivity index (χ1v) is 9.07. The first-order chi connectivity index (χ1) is 9.20. The van der Waals surface area contributed by atoms with Gasteiger partial charge in [-0.2, -0.15) is 0 Å². The second-order valence-electron chi connectivity index (χ2n) is 7.39. The molecule has 2 saturated heterocycles. The summed E-state index contributed by atoms with van der Waals surface area (Å²) in [4.78, 5) is 15.7. The summed E-state index contributed by atoms with van der Waals surface area (Å²) in [5.74, 6) is 3.07. The maximum atomic E-state index is 12.7. The highest BCUT2D eigenvalue weighted by Crippen LogP contribution is 2.50. The van der Waals surface area contributed by atoms with Crippen LogP contribution < -0.4 is 0 Å². The van der Waals surface area contributed by atoms with E-state index < -0.39 is 0 Å². The molecule has 0 radical (unpaired) electrons. The topological polar surface area (TPSA) is 20.3 Å². The summed E-state index contributed by atoms with van der Waals surface area (Å²) in [6.07, 6.45) is 11.3. The molecule has 2 aliphatic carbocycles. The van der Waals surface area contributed by atoms with E-state index in [1.165, 1.54) is 51.4 Å². The Morgan fingerprint density at radius 1 is 1.00 bits per heavy atom. The Hall–Kier alpha value is -0.0500. The predicted octanol–water partition coefficient (Wildman–Crippen LogP) is 3.73. The molecule has 0 spiro atoms. The second-order valence-corrected chi connectivity index (χ2v) is 8.69. The van der Waals surface area contributed by atoms with Gasteiger partial charge in [-0.1, -0.05) is 22.4 Å². The third-order valence-corrected chi connectivity index (χ3v) is 7.03. The van der Waals surface area contributed by atoms with Crippen molar-refractivity contribution in [1.82, 2.24) is 4.90 Å². The van der Waals surface area contributed by atoms with Crippen molar-refractivity contribution in [2.45, 2.75) is 74.7 Å². The number of fused-ring (bicyclic) bond motifs is 4. The first kappa shape index (κ1) is 12.7. The van der Waals surface area contributed by atoms with Crippen LogP contribution in [0.25, 0.3) is 0 Å². The van der Waals surface area contributed by atoms with Crippen molar-refractivity contribution in [2.75, 3.05) is 0 Å². The molecule has 106 valence electrons. The largest absolute Gasteiger partial charge is 0.337 e. The van der Waals surface area contributed by atoms with Crippen LogP contribution in [0.1, 0.15) is 57.8 Å². The Kier molecular flexibility index (Phi) is 3.17. The number of halogens is 1. The summed E-state index contributed by atoms with van der Waals surface area (Å²) in [6, 6.07) is 1.10. The van der Waals surface area contributed by atoms with Crippen LogP contribution in [0.2, 0.25) is 0 Å². The lowest BCUT2D eigenvalue weighted by Gasteiger charge is -2.38. The Balaban J connectivity index is 1.41. The van der Waals surface area contributed by atoms with Crippen molar-refractivity contribution in [2.24, 2.45) is 17.8 Å². The lowest BCUT2D eigenvalue weighted by atomic mass is 9.85. The summed E-state index contributed by atoms with van der Waals surface area (Å²) < 4.78 is 0. The first-order valence-electron chi connectivity index (χ1n) is 8.16. The molecular formula is C16H24BrNO. The van der Waals surface area contributed by atoms with Crippen LogP contribution >= 0.6 is 15.9 Å². The highest BCUT2D eigenvalue weighted by Gasteiger charge is 2.45. The standard InChI is InChI=1S/C16H24BrNO/c17-13-8-14-3-4-15(9-13)18(14)16(19)7-12-6-10-1-2-11(12)5-10/h10-15H,1-9H2. The van der Waals surface area contributed by atoms with Gasteiger partial charge in [-0.3, -0.25) is 4.79 Å². The number of carbonyl (C=O) groups excluding carboxylic acids is 1. The molecule has 0 aromatic rings. The molecule has 19 heavy (non-hydrogen) atoms. The molecule has 2 heterocycles. The van der Waals surface area contributed by atoms with Gasteiger partial charge in [0.05, 0.1) is 0 Å². The zero-order valence-electron chi connectivity index (χ0n) is 11.6. The average molecular weight is 326 g/mol. The number of piperidine rings is 1. The van der Waals surface area contributed by atoms with E-state index >= 15 is 0 Å². The predicted molar refractivity (Wildman–Crippen MR) is 79.2 cm³/mol. The lowest BCUT2D eigenvalue weighted by Crippen LogP contribution is -2.47. The van der Waals surface area contributed by atoms with Crippen molar-refractivity contribution >= 4 is 21.8 Å². The summed E-state index contributed by atoms with van der Waals surface area (Å²) >= 11 is 3.76. The van der Waals surface area contributed by atoms with E-state index in [1.807, 2.05) is 0 Å². The number of amides is 1. The zero-order chi connectivity index (χ0) is 13.0. The van der Waals surface area contributed by atoms with Crippen LogP contribution in [0.3, 0.4) is 0 Å². The number of nitrogens with zero attached hydrogens (tertiary/aromatic N) is 1. The third kappa shape index (κ3) is 2.16. The van der Waals surface area contributed by atoms with Crippen molar-refractivity contribution in [1.29, 1.82) is 0 Å². The molecule has 0 N–H and O–H groups in total. The molecule has 4 fully saturated rings. The zero-order valence-corrected chi connectivity index (χ0v) is 13.1. The van der Waals surface area contributed by atoms with Gasteiger partial charge in [0.15, 0.2) is 0 Å². The second kappa shape index (κ2) is 4.75. The molecule has 2 saturated carbocycles. The van der Waals surface area contributed by atoms with E-state index in [-0.39, 0.29) is 0 Å². The van der Waals surface area contributed by atoms with Crippen LogP contribution in [0.15, 0.2) is 0 Å². The van der Waals surface area contributed by atoms with Crippen LogP contribution in [-0.4, -0.2) is 27.7 Å². The molecule has 4 aliphatic rings. The molecule has 0 aromatic heterocycles. The van der Waals surface area contributed by atoms with Gasteiger partial charge in [-0.05, 0) is 62.7 Å². The van der Waals surface area contributed by atoms with E-state index in [9.17, 15) is 4.79 Å². The molecular weight excluding hydrogens is 302 g/mol. The van der Waals surface area contributed by atoms with Gasteiger partial charge in [0, 0.05) is 23.3 Å². The number of hydrogen-bond acceptors (Lipinski definition) is 1. The molecule has 5 atom stereocenters. The number of hydrogen-bond donors (Lipinski definition) is 0. The molecule has 0 aromatic carbocycles. The van der Waals surface area contributed by atoms with Crippen molar-refractivity contribution in [3.8, 4) is 0 Å². The molecule has 2 aliphatic heterocycles. The number of rotatable bonds is 2. The van der Waals surface area contributed by atoms with Gasteiger partial charge in [0.2, 0.25) is 5.91 Å². The highest BCUT2D eigenvalue weighted by atomic mass is 79.9. The molecule has 1 amide bonds. The van der Waals surface area contributed by atoms with Crippen molar-refractivity contribution < 1.29 is 4.79 Å². The Morgan fingerprint density at radius 2 is 1.74 bits per heavy atom. The summed E-state index contributed by atoms with van der Waals surface area (Å²) in [5, 5.41) is 0. The van der Waals surface area contributed by atoms with Gasteiger partial charge in [0.1, 0.15) is 0 Å². The summed E-state index contributed by atoms with van der Waals surface area (Å²) in [6.45, 7) is 0. The summed E-state index contributed by atoms with van der Waals surface area (Å²) in [7, 11) is 0. The maximum absolute atomic E-state index is 12.7. The number of carbonyl (C=O) groups is 1. The fraction of sp³-hybridized carbons (Fsp3) is 0.938. The van der Waals surface area contributed by atoms with Crippen molar-refractivity contribution in [3.05, 3.63) is 0 Å². The number of alkyl halides is 1. The minimum Gasteiger partial charge on any atom is -0.337 e. The molecule has 5 unspecified atom stereocenters. The van der Waals surface area contributed by atoms with E-state index in [2.05, 4.69) is 20.8 Å². The fourth-order valence-electron chi connectivity index (χ4n) is 5.47. The molecule has 4 bridgehead atoms. The third-order valence-electron chi connectivity index (χ3n) is 6.28. The van der Waals surface area contributed by atoms with Crippen LogP contribution in [0, 0.1) is 17.8 Å². The fourth-order valence-corrected chi connectivity index (χ4v) is 6.34. The highest BCUT2D eigenvalue weighted by molar-refractivity contribution is 9.09. The SMILES string of the molecule is O=C(CC1CC2CCC1C2)N1C2CCC1CC(Br)C2. The molecule has 4 rings (SSSR count). The minimum atomic E-state index is 0.490. The van der Waals surface area contributed by atoms with E-state index in [0.717, 1.165) is 24.2 Å².